The van der Waals surface area contributed by atoms with Crippen LogP contribution in [0.1, 0.15) is 18.4 Å². The van der Waals surface area contributed by atoms with E-state index in [-0.39, 0.29) is 6.10 Å². The van der Waals surface area contributed by atoms with Crippen molar-refractivity contribution in [3.05, 3.63) is 29.8 Å². The molecule has 1 fully saturated rings. The van der Waals surface area contributed by atoms with E-state index in [2.05, 4.69) is 17.0 Å². The molecule has 0 aromatic heterocycles. The lowest BCUT2D eigenvalue weighted by Crippen LogP contribution is -2.27. The molecule has 2 heterocycles. The van der Waals surface area contributed by atoms with Gasteiger partial charge in [-0.1, -0.05) is 18.2 Å². The van der Waals surface area contributed by atoms with Crippen molar-refractivity contribution >= 4 is 0 Å². The molecule has 2 aliphatic rings. The number of ether oxygens (including phenoxy) is 2. The molecule has 1 atom stereocenters. The largest absolute Gasteiger partial charge is 0.487 e. The second-order valence-electron chi connectivity index (χ2n) is 5.18. The van der Waals surface area contributed by atoms with Crippen LogP contribution in [0.5, 0.6) is 5.75 Å². The Labute approximate surface area is 109 Å². The lowest BCUT2D eigenvalue weighted by molar-refractivity contribution is 0.0505. The number of hydrogen-bond acceptors (Lipinski definition) is 3. The molecule has 2 aliphatic heterocycles. The Morgan fingerprint density at radius 1 is 1.22 bits per heavy atom. The van der Waals surface area contributed by atoms with Gasteiger partial charge in [-0.05, 0) is 37.6 Å². The summed E-state index contributed by atoms with van der Waals surface area (Å²) < 4.78 is 11.6. The monoisotopic (exact) mass is 247 g/mol. The first-order valence-corrected chi connectivity index (χ1v) is 6.96. The molecule has 0 radical (unpaired) electrons. The van der Waals surface area contributed by atoms with Crippen LogP contribution in [0.4, 0.5) is 0 Å². The normalized spacial score (nSPS) is 23.0. The highest BCUT2D eigenvalue weighted by Crippen LogP contribution is 2.28. The van der Waals surface area contributed by atoms with E-state index < -0.39 is 0 Å². The summed E-state index contributed by atoms with van der Waals surface area (Å²) in [6.45, 7) is 5.10. The Morgan fingerprint density at radius 2 is 2.06 bits per heavy atom. The lowest BCUT2D eigenvalue weighted by atomic mass is 10.1. The molecule has 3 heteroatoms. The summed E-state index contributed by atoms with van der Waals surface area (Å²) in [6.07, 6.45) is 3.89. The molecule has 1 aromatic rings. The van der Waals surface area contributed by atoms with Crippen molar-refractivity contribution in [3.63, 3.8) is 0 Å². The van der Waals surface area contributed by atoms with Crippen LogP contribution in [0.25, 0.3) is 0 Å². The molecule has 0 bridgehead atoms. The highest BCUT2D eigenvalue weighted by molar-refractivity contribution is 5.37. The SMILES string of the molecule is c1ccc2c(c1)CC(COCCN1CCCC1)O2. The van der Waals surface area contributed by atoms with Gasteiger partial charge < -0.3 is 14.4 Å². The second kappa shape index (κ2) is 5.72. The van der Waals surface area contributed by atoms with E-state index >= 15 is 0 Å². The number of fused-ring (bicyclic) bond motifs is 1. The first kappa shape index (κ1) is 12.0. The zero-order valence-electron chi connectivity index (χ0n) is 10.8. The molecule has 98 valence electrons. The summed E-state index contributed by atoms with van der Waals surface area (Å²) in [6, 6.07) is 8.27. The maximum absolute atomic E-state index is 5.84. The van der Waals surface area contributed by atoms with Gasteiger partial charge in [-0.3, -0.25) is 0 Å². The van der Waals surface area contributed by atoms with Crippen LogP contribution in [0.15, 0.2) is 24.3 Å². The van der Waals surface area contributed by atoms with Gasteiger partial charge in [-0.15, -0.1) is 0 Å². The van der Waals surface area contributed by atoms with Crippen LogP contribution >= 0.6 is 0 Å². The number of rotatable bonds is 5. The zero-order valence-corrected chi connectivity index (χ0v) is 10.8. The number of benzene rings is 1. The van der Waals surface area contributed by atoms with E-state index in [0.717, 1.165) is 25.3 Å². The smallest absolute Gasteiger partial charge is 0.126 e. The van der Waals surface area contributed by atoms with Crippen molar-refractivity contribution < 1.29 is 9.47 Å². The van der Waals surface area contributed by atoms with Gasteiger partial charge in [0, 0.05) is 13.0 Å². The molecular formula is C15H21NO2. The van der Waals surface area contributed by atoms with Crippen LogP contribution in [0.3, 0.4) is 0 Å². The standard InChI is InChI=1S/C15H21NO2/c1-2-6-15-13(5-1)11-14(18-15)12-17-10-9-16-7-3-4-8-16/h1-2,5-6,14H,3-4,7-12H2. The number of nitrogens with zero attached hydrogens (tertiary/aromatic N) is 1. The van der Waals surface area contributed by atoms with Crippen molar-refractivity contribution in [3.8, 4) is 5.75 Å². The van der Waals surface area contributed by atoms with Crippen molar-refractivity contribution in [1.29, 1.82) is 0 Å². The van der Waals surface area contributed by atoms with Crippen LogP contribution < -0.4 is 4.74 Å². The van der Waals surface area contributed by atoms with Gasteiger partial charge in [0.2, 0.25) is 0 Å². The van der Waals surface area contributed by atoms with E-state index in [1.54, 1.807) is 0 Å². The summed E-state index contributed by atoms with van der Waals surface area (Å²) >= 11 is 0. The molecule has 1 aromatic carbocycles. The fourth-order valence-electron chi connectivity index (χ4n) is 2.76. The molecule has 1 saturated heterocycles. The molecule has 3 rings (SSSR count). The van der Waals surface area contributed by atoms with Crippen molar-refractivity contribution in [2.75, 3.05) is 32.8 Å². The predicted octanol–water partition coefficient (Wildman–Crippen LogP) is 2.10. The Balaban J connectivity index is 1.35. The third kappa shape index (κ3) is 2.85. The van der Waals surface area contributed by atoms with Gasteiger partial charge in [0.15, 0.2) is 0 Å². The van der Waals surface area contributed by atoms with E-state index in [4.69, 9.17) is 9.47 Å². The minimum Gasteiger partial charge on any atom is -0.487 e. The Morgan fingerprint density at radius 3 is 2.89 bits per heavy atom. The molecule has 1 unspecified atom stereocenters. The highest BCUT2D eigenvalue weighted by atomic mass is 16.5. The van der Waals surface area contributed by atoms with Gasteiger partial charge in [-0.2, -0.15) is 0 Å². The molecule has 3 nitrogen and oxygen atoms in total. The zero-order chi connectivity index (χ0) is 12.2. The van der Waals surface area contributed by atoms with Crippen LogP contribution in [0, 0.1) is 0 Å². The van der Waals surface area contributed by atoms with Crippen molar-refractivity contribution in [1.82, 2.24) is 4.90 Å². The average molecular weight is 247 g/mol. The number of para-hydroxylation sites is 1. The summed E-state index contributed by atoms with van der Waals surface area (Å²) in [5.74, 6) is 1.03. The van der Waals surface area contributed by atoms with Crippen LogP contribution in [-0.4, -0.2) is 43.9 Å². The van der Waals surface area contributed by atoms with E-state index in [1.807, 2.05) is 12.1 Å². The third-order valence-corrected chi connectivity index (χ3v) is 3.77. The summed E-state index contributed by atoms with van der Waals surface area (Å²) in [5, 5.41) is 0. The van der Waals surface area contributed by atoms with E-state index in [9.17, 15) is 0 Å². The minimum absolute atomic E-state index is 0.209. The van der Waals surface area contributed by atoms with Crippen molar-refractivity contribution in [2.45, 2.75) is 25.4 Å². The fraction of sp³-hybridized carbons (Fsp3) is 0.600. The second-order valence-corrected chi connectivity index (χ2v) is 5.18. The molecular weight excluding hydrogens is 226 g/mol. The fourth-order valence-corrected chi connectivity index (χ4v) is 2.76. The predicted molar refractivity (Wildman–Crippen MR) is 71.1 cm³/mol. The topological polar surface area (TPSA) is 21.7 Å². The average Bonchev–Trinajstić information content (AvgIpc) is 3.03. The first-order chi connectivity index (χ1) is 8.92. The van der Waals surface area contributed by atoms with Crippen LogP contribution in [-0.2, 0) is 11.2 Å². The van der Waals surface area contributed by atoms with E-state index in [1.165, 1.54) is 31.5 Å². The molecule has 0 saturated carbocycles. The summed E-state index contributed by atoms with van der Waals surface area (Å²) in [4.78, 5) is 2.48. The molecule has 0 N–H and O–H groups in total. The van der Waals surface area contributed by atoms with E-state index in [0.29, 0.717) is 6.61 Å². The van der Waals surface area contributed by atoms with Gasteiger partial charge in [0.1, 0.15) is 11.9 Å². The highest BCUT2D eigenvalue weighted by Gasteiger charge is 2.22. The van der Waals surface area contributed by atoms with Gasteiger partial charge in [0.25, 0.3) is 0 Å². The Hall–Kier alpha value is -1.06. The Bertz CT molecular complexity index is 363. The lowest BCUT2D eigenvalue weighted by Gasteiger charge is -2.16. The number of hydrogen-bond donors (Lipinski definition) is 0. The minimum atomic E-state index is 0.209. The van der Waals surface area contributed by atoms with Gasteiger partial charge in [-0.25, -0.2) is 0 Å². The van der Waals surface area contributed by atoms with Crippen molar-refractivity contribution in [2.24, 2.45) is 0 Å². The number of likely N-dealkylation sites (tertiary alicyclic amines) is 1. The molecule has 0 amide bonds. The van der Waals surface area contributed by atoms with Gasteiger partial charge >= 0.3 is 0 Å². The molecule has 0 spiro atoms. The van der Waals surface area contributed by atoms with Crippen LogP contribution in [0.2, 0.25) is 0 Å². The quantitative estimate of drug-likeness (QED) is 0.744. The third-order valence-electron chi connectivity index (χ3n) is 3.77. The molecule has 0 aliphatic carbocycles. The summed E-state index contributed by atoms with van der Waals surface area (Å²) in [7, 11) is 0. The maximum atomic E-state index is 5.84. The Kier molecular flexibility index (Phi) is 3.81. The summed E-state index contributed by atoms with van der Waals surface area (Å²) in [5.41, 5.74) is 1.31. The van der Waals surface area contributed by atoms with Gasteiger partial charge in [0.05, 0.1) is 13.2 Å². The first-order valence-electron chi connectivity index (χ1n) is 6.96. The molecule has 18 heavy (non-hydrogen) atoms. The maximum Gasteiger partial charge on any atom is 0.126 e.